The molecule has 0 saturated carbocycles. The van der Waals surface area contributed by atoms with Crippen molar-refractivity contribution in [3.63, 3.8) is 0 Å². The molecule has 1 rings (SSSR count). The number of nitrogens with one attached hydrogen (secondary N) is 1. The van der Waals surface area contributed by atoms with Crippen LogP contribution in [0, 0.1) is 0 Å². The minimum absolute atomic E-state index is 0.0802. The van der Waals surface area contributed by atoms with E-state index in [4.69, 9.17) is 11.6 Å². The summed E-state index contributed by atoms with van der Waals surface area (Å²) >= 11 is 5.77. The van der Waals surface area contributed by atoms with Gasteiger partial charge in [-0.3, -0.25) is 0 Å². The summed E-state index contributed by atoms with van der Waals surface area (Å²) < 4.78 is 22.9. The van der Waals surface area contributed by atoms with Gasteiger partial charge in [0, 0.05) is 23.4 Å². The molecule has 19 heavy (non-hydrogen) atoms. The second-order valence-corrected chi connectivity index (χ2v) is 7.41. The first-order valence-electron chi connectivity index (χ1n) is 6.21. The molecule has 2 N–H and O–H groups in total. The van der Waals surface area contributed by atoms with Gasteiger partial charge in [-0.15, -0.1) is 0 Å². The molecule has 6 heteroatoms. The van der Waals surface area contributed by atoms with Crippen molar-refractivity contribution >= 4 is 21.4 Å². The number of hydrogen-bond acceptors (Lipinski definition) is 4. The van der Waals surface area contributed by atoms with E-state index in [0.29, 0.717) is 11.6 Å². The van der Waals surface area contributed by atoms with Crippen molar-refractivity contribution in [1.82, 2.24) is 5.32 Å². The van der Waals surface area contributed by atoms with E-state index < -0.39 is 15.9 Å². The van der Waals surface area contributed by atoms with Gasteiger partial charge >= 0.3 is 0 Å². The first-order valence-corrected chi connectivity index (χ1v) is 8.41. The summed E-state index contributed by atoms with van der Waals surface area (Å²) in [4.78, 5) is 0. The molecular weight excluding hydrogens is 286 g/mol. The third-order valence-electron chi connectivity index (χ3n) is 2.86. The third kappa shape index (κ3) is 5.91. The number of aliphatic hydroxyl groups excluding tert-OH is 1. The summed E-state index contributed by atoms with van der Waals surface area (Å²) in [6.07, 6.45) is -0.677. The van der Waals surface area contributed by atoms with Crippen molar-refractivity contribution in [1.29, 1.82) is 0 Å². The number of aliphatic hydroxyl groups is 1. The van der Waals surface area contributed by atoms with Crippen molar-refractivity contribution < 1.29 is 13.5 Å². The Labute approximate surface area is 119 Å². The number of sulfone groups is 1. The van der Waals surface area contributed by atoms with Crippen LogP contribution in [0.4, 0.5) is 0 Å². The zero-order chi connectivity index (χ0) is 14.5. The zero-order valence-corrected chi connectivity index (χ0v) is 12.7. The Hall–Kier alpha value is -0.620. The van der Waals surface area contributed by atoms with E-state index in [-0.39, 0.29) is 17.5 Å². The molecule has 0 amide bonds. The molecule has 0 bridgehead atoms. The average Bonchev–Trinajstić information content (AvgIpc) is 2.36. The predicted octanol–water partition coefficient (Wildman–Crippen LogP) is 1.79. The Balaban J connectivity index is 2.46. The predicted molar refractivity (Wildman–Crippen MR) is 78.2 cm³/mol. The second kappa shape index (κ2) is 7.24. The van der Waals surface area contributed by atoms with Crippen LogP contribution in [0.25, 0.3) is 0 Å². The first-order chi connectivity index (χ1) is 8.84. The summed E-state index contributed by atoms with van der Waals surface area (Å²) in [6, 6.07) is 6.74. The number of hydrogen-bond donors (Lipinski definition) is 2. The molecule has 2 atom stereocenters. The van der Waals surface area contributed by atoms with Crippen LogP contribution < -0.4 is 5.32 Å². The normalized spacial score (nSPS) is 15.2. The van der Waals surface area contributed by atoms with Gasteiger partial charge < -0.3 is 10.4 Å². The molecule has 0 heterocycles. The van der Waals surface area contributed by atoms with Crippen LogP contribution in [0.15, 0.2) is 24.3 Å². The maximum Gasteiger partial charge on any atom is 0.151 e. The molecule has 0 saturated heterocycles. The van der Waals surface area contributed by atoms with Gasteiger partial charge in [-0.05, 0) is 24.6 Å². The Kier molecular flexibility index (Phi) is 6.26. The summed E-state index contributed by atoms with van der Waals surface area (Å²) in [7, 11) is -3.00. The van der Waals surface area contributed by atoms with Gasteiger partial charge in [-0.1, -0.05) is 30.7 Å². The van der Waals surface area contributed by atoms with Crippen LogP contribution in [0.5, 0.6) is 0 Å². The molecular formula is C13H20ClNO3S. The van der Waals surface area contributed by atoms with Crippen molar-refractivity contribution in [2.45, 2.75) is 26.0 Å². The van der Waals surface area contributed by atoms with Crippen LogP contribution in [0.3, 0.4) is 0 Å². The minimum atomic E-state index is -3.00. The zero-order valence-electron chi connectivity index (χ0n) is 11.1. The van der Waals surface area contributed by atoms with Gasteiger partial charge in [0.15, 0.2) is 9.84 Å². The molecule has 0 aliphatic heterocycles. The molecule has 0 fully saturated rings. The van der Waals surface area contributed by atoms with Gasteiger partial charge in [-0.25, -0.2) is 8.42 Å². The molecule has 1 aromatic rings. The lowest BCUT2D eigenvalue weighted by molar-refractivity contribution is 0.172. The van der Waals surface area contributed by atoms with Crippen LogP contribution >= 0.6 is 11.6 Å². The fourth-order valence-corrected chi connectivity index (χ4v) is 2.91. The molecule has 0 radical (unpaired) electrons. The van der Waals surface area contributed by atoms with E-state index in [1.165, 1.54) is 0 Å². The van der Waals surface area contributed by atoms with Gasteiger partial charge in [-0.2, -0.15) is 0 Å². The quantitative estimate of drug-likeness (QED) is 0.806. The van der Waals surface area contributed by atoms with E-state index >= 15 is 0 Å². The maximum atomic E-state index is 11.4. The van der Waals surface area contributed by atoms with E-state index in [2.05, 4.69) is 5.32 Å². The van der Waals surface area contributed by atoms with E-state index in [9.17, 15) is 13.5 Å². The number of benzene rings is 1. The van der Waals surface area contributed by atoms with Crippen LogP contribution in [-0.2, 0) is 9.84 Å². The minimum Gasteiger partial charge on any atom is -0.387 e. The van der Waals surface area contributed by atoms with Crippen molar-refractivity contribution in [3.05, 3.63) is 34.9 Å². The van der Waals surface area contributed by atoms with E-state index in [1.54, 1.807) is 38.1 Å². The van der Waals surface area contributed by atoms with Gasteiger partial charge in [0.2, 0.25) is 0 Å². The second-order valence-electron chi connectivity index (χ2n) is 4.58. The Morgan fingerprint density at radius 2 is 1.89 bits per heavy atom. The molecule has 108 valence electrons. The van der Waals surface area contributed by atoms with Crippen LogP contribution in [0.1, 0.15) is 25.5 Å². The van der Waals surface area contributed by atoms with Crippen molar-refractivity contribution in [2.75, 3.05) is 18.1 Å². The van der Waals surface area contributed by atoms with Gasteiger partial charge in [0.05, 0.1) is 11.9 Å². The van der Waals surface area contributed by atoms with Gasteiger partial charge in [0.25, 0.3) is 0 Å². The van der Waals surface area contributed by atoms with E-state index in [0.717, 1.165) is 5.56 Å². The smallest absolute Gasteiger partial charge is 0.151 e. The van der Waals surface area contributed by atoms with Crippen molar-refractivity contribution in [3.8, 4) is 0 Å². The molecule has 4 nitrogen and oxygen atoms in total. The molecule has 0 spiro atoms. The van der Waals surface area contributed by atoms with Crippen molar-refractivity contribution in [2.24, 2.45) is 0 Å². The largest absolute Gasteiger partial charge is 0.387 e. The fourth-order valence-electron chi connectivity index (χ4n) is 1.67. The Morgan fingerprint density at radius 1 is 1.32 bits per heavy atom. The molecule has 0 aromatic heterocycles. The van der Waals surface area contributed by atoms with Crippen LogP contribution in [-0.4, -0.2) is 37.6 Å². The fraction of sp³-hybridized carbons (Fsp3) is 0.538. The lowest BCUT2D eigenvalue weighted by Gasteiger charge is -2.17. The third-order valence-corrected chi connectivity index (χ3v) is 5.00. The molecule has 1 aromatic carbocycles. The molecule has 0 aliphatic rings. The monoisotopic (exact) mass is 305 g/mol. The molecule has 0 aliphatic carbocycles. The number of halogens is 1. The molecule has 2 unspecified atom stereocenters. The lowest BCUT2D eigenvalue weighted by atomic mass is 10.1. The lowest BCUT2D eigenvalue weighted by Crippen LogP contribution is -2.36. The van der Waals surface area contributed by atoms with Gasteiger partial charge in [0.1, 0.15) is 0 Å². The maximum absolute atomic E-state index is 11.4. The Morgan fingerprint density at radius 3 is 2.42 bits per heavy atom. The van der Waals surface area contributed by atoms with E-state index in [1.807, 2.05) is 0 Å². The first kappa shape index (κ1) is 16.4. The number of rotatable bonds is 7. The average molecular weight is 306 g/mol. The highest BCUT2D eigenvalue weighted by Gasteiger charge is 2.15. The summed E-state index contributed by atoms with van der Waals surface area (Å²) in [5.41, 5.74) is 0.752. The standard InChI is InChI=1S/C13H20ClNO3S/c1-3-19(17,18)9-10(2)15-8-13(16)11-4-6-12(14)7-5-11/h4-7,10,13,15-16H,3,8-9H2,1-2H3. The highest BCUT2D eigenvalue weighted by atomic mass is 35.5. The summed E-state index contributed by atoms with van der Waals surface area (Å²) in [5, 5.41) is 13.6. The summed E-state index contributed by atoms with van der Waals surface area (Å²) in [5.74, 6) is 0.218. The topological polar surface area (TPSA) is 66.4 Å². The van der Waals surface area contributed by atoms with Crippen LogP contribution in [0.2, 0.25) is 5.02 Å². The highest BCUT2D eigenvalue weighted by Crippen LogP contribution is 2.15. The summed E-state index contributed by atoms with van der Waals surface area (Å²) in [6.45, 7) is 3.73. The SMILES string of the molecule is CCS(=O)(=O)CC(C)NCC(O)c1ccc(Cl)cc1. The Bertz CT molecular complexity index is 487. The highest BCUT2D eigenvalue weighted by molar-refractivity contribution is 7.91.